The van der Waals surface area contributed by atoms with Crippen molar-refractivity contribution in [3.63, 3.8) is 0 Å². The van der Waals surface area contributed by atoms with Gasteiger partial charge in [0.2, 0.25) is 0 Å². The van der Waals surface area contributed by atoms with Crippen LogP contribution < -0.4 is 16.0 Å². The van der Waals surface area contributed by atoms with Gasteiger partial charge >= 0.3 is 6.03 Å². The quantitative estimate of drug-likeness (QED) is 0.345. The van der Waals surface area contributed by atoms with E-state index in [0.717, 1.165) is 52.2 Å². The van der Waals surface area contributed by atoms with Crippen molar-refractivity contribution in [3.8, 4) is 0 Å². The van der Waals surface area contributed by atoms with Crippen molar-refractivity contribution in [1.29, 1.82) is 0 Å². The lowest BCUT2D eigenvalue weighted by atomic mass is 9.57. The van der Waals surface area contributed by atoms with Crippen LogP contribution in [0.15, 0.2) is 30.3 Å². The van der Waals surface area contributed by atoms with Crippen molar-refractivity contribution in [2.24, 2.45) is 17.8 Å². The Kier molecular flexibility index (Phi) is 6.22. The Labute approximate surface area is 222 Å². The second kappa shape index (κ2) is 9.43. The minimum absolute atomic E-state index is 0.0916. The molecule has 4 aliphatic carbocycles. The molecule has 0 spiro atoms. The molecule has 37 heavy (non-hydrogen) atoms. The molecule has 4 fully saturated rings. The van der Waals surface area contributed by atoms with E-state index in [1.807, 2.05) is 26.0 Å². The summed E-state index contributed by atoms with van der Waals surface area (Å²) < 4.78 is 0.873. The lowest BCUT2D eigenvalue weighted by molar-refractivity contribution is 0.0652. The predicted octanol–water partition coefficient (Wildman–Crippen LogP) is 7.16. The molecule has 1 unspecified atom stereocenters. The van der Waals surface area contributed by atoms with Gasteiger partial charge < -0.3 is 10.6 Å². The number of thiazole rings is 1. The van der Waals surface area contributed by atoms with Crippen molar-refractivity contribution >= 4 is 44.3 Å². The second-order valence-electron chi connectivity index (χ2n) is 11.6. The number of nitrogens with zero attached hydrogens (tertiary/aromatic N) is 1. The molecule has 4 bridgehead atoms. The predicted molar refractivity (Wildman–Crippen MR) is 150 cm³/mol. The van der Waals surface area contributed by atoms with E-state index in [1.54, 1.807) is 6.07 Å². The Bertz CT molecular complexity index is 1340. The molecule has 4 aliphatic rings. The van der Waals surface area contributed by atoms with Crippen LogP contribution in [-0.2, 0) is 0 Å². The maximum atomic E-state index is 13.1. The number of hydrogen-bond donors (Lipinski definition) is 3. The van der Waals surface area contributed by atoms with Gasteiger partial charge in [-0.2, -0.15) is 0 Å². The van der Waals surface area contributed by atoms with E-state index >= 15 is 0 Å². The fourth-order valence-electron chi connectivity index (χ4n) is 7.29. The summed E-state index contributed by atoms with van der Waals surface area (Å²) in [5.74, 6) is 1.83. The molecule has 1 heterocycles. The first-order valence-corrected chi connectivity index (χ1v) is 14.3. The first kappa shape index (κ1) is 24.4. The molecule has 2 aromatic carbocycles. The SMILES string of the molecule is Cc1cc(C)c(NC(=O)c2ccc3nc(NC(=O)N[C@@]45CC6[CH][C@@H](CCC[C@@H](C6)C4)C5)sc3c2)c(C)c1. The molecule has 193 valence electrons. The highest BCUT2D eigenvalue weighted by atomic mass is 32.1. The molecule has 6 nitrogen and oxygen atoms in total. The van der Waals surface area contributed by atoms with Gasteiger partial charge in [-0.25, -0.2) is 9.78 Å². The lowest BCUT2D eigenvalue weighted by Gasteiger charge is -2.52. The zero-order chi connectivity index (χ0) is 25.7. The van der Waals surface area contributed by atoms with Crippen LogP contribution in [0, 0.1) is 44.9 Å². The van der Waals surface area contributed by atoms with Gasteiger partial charge in [-0.05, 0) is 100.0 Å². The van der Waals surface area contributed by atoms with Gasteiger partial charge in [-0.3, -0.25) is 10.1 Å². The number of nitrogens with one attached hydrogen (secondary N) is 3. The van der Waals surface area contributed by atoms with E-state index in [-0.39, 0.29) is 17.5 Å². The van der Waals surface area contributed by atoms with Gasteiger partial charge in [-0.15, -0.1) is 0 Å². The lowest BCUT2D eigenvalue weighted by Crippen LogP contribution is -2.58. The zero-order valence-electron chi connectivity index (χ0n) is 21.8. The normalized spacial score (nSPS) is 26.5. The smallest absolute Gasteiger partial charge is 0.321 e. The van der Waals surface area contributed by atoms with Gasteiger partial charge in [0.15, 0.2) is 5.13 Å². The van der Waals surface area contributed by atoms with Crippen LogP contribution in [0.1, 0.15) is 72.0 Å². The van der Waals surface area contributed by atoms with Crippen LogP contribution in [0.2, 0.25) is 0 Å². The van der Waals surface area contributed by atoms with Crippen LogP contribution in [0.4, 0.5) is 15.6 Å². The van der Waals surface area contributed by atoms with E-state index in [1.165, 1.54) is 42.6 Å². The van der Waals surface area contributed by atoms with Gasteiger partial charge in [0.1, 0.15) is 0 Å². The van der Waals surface area contributed by atoms with E-state index < -0.39 is 0 Å². The van der Waals surface area contributed by atoms with Gasteiger partial charge in [-0.1, -0.05) is 48.3 Å². The number of rotatable bonds is 4. The number of hydrogen-bond acceptors (Lipinski definition) is 4. The molecule has 0 saturated heterocycles. The van der Waals surface area contributed by atoms with Crippen molar-refractivity contribution in [1.82, 2.24) is 10.3 Å². The molecule has 4 atom stereocenters. The fraction of sp³-hybridized carbons (Fsp3) is 0.467. The highest BCUT2D eigenvalue weighted by molar-refractivity contribution is 7.22. The van der Waals surface area contributed by atoms with Crippen molar-refractivity contribution in [2.75, 3.05) is 10.6 Å². The second-order valence-corrected chi connectivity index (χ2v) is 12.7. The van der Waals surface area contributed by atoms with Crippen LogP contribution in [0.25, 0.3) is 10.2 Å². The summed E-state index contributed by atoms with van der Waals surface area (Å²) in [5.41, 5.74) is 5.38. The summed E-state index contributed by atoms with van der Waals surface area (Å²) in [6.45, 7) is 6.07. The highest BCUT2D eigenvalue weighted by Crippen LogP contribution is 2.51. The number of benzene rings is 2. The molecule has 0 aliphatic heterocycles. The van der Waals surface area contributed by atoms with Gasteiger partial charge in [0.05, 0.1) is 10.2 Å². The molecule has 4 saturated carbocycles. The first-order chi connectivity index (χ1) is 17.7. The summed E-state index contributed by atoms with van der Waals surface area (Å²) >= 11 is 1.40. The third-order valence-electron chi connectivity index (χ3n) is 8.52. The Hall–Kier alpha value is -2.93. The minimum Gasteiger partial charge on any atom is -0.332 e. The molecule has 3 aromatic rings. The average molecular weight is 516 g/mol. The number of aromatic nitrogens is 1. The van der Waals surface area contributed by atoms with E-state index in [0.29, 0.717) is 22.5 Å². The van der Waals surface area contributed by atoms with Gasteiger partial charge in [0.25, 0.3) is 5.91 Å². The van der Waals surface area contributed by atoms with Crippen LogP contribution in [-0.4, -0.2) is 22.5 Å². The summed E-state index contributed by atoms with van der Waals surface area (Å²) in [4.78, 5) is 30.7. The molecule has 3 amide bonds. The molecule has 7 heteroatoms. The standard InChI is InChI=1S/C30H35N4O2S/c1-17-9-18(2)26(19(3)10-17)32-27(35)23-7-8-24-25(13-23)37-29(31-24)33-28(36)34-30-14-20-5-4-6-21(15-30)12-22(11-20)16-30/h7-11,13,20-22H,4-6,12,14-16H2,1-3H3,(H,32,35)(H2,31,33,34,36)/t20-,21+,22?,30-/m1/s1. The summed E-state index contributed by atoms with van der Waals surface area (Å²) in [7, 11) is 0. The molecule has 1 aromatic heterocycles. The number of anilines is 2. The molecule has 3 N–H and O–H groups in total. The summed E-state index contributed by atoms with van der Waals surface area (Å²) in [5, 5.41) is 10.0. The zero-order valence-corrected chi connectivity index (χ0v) is 22.6. The number of carbonyl (C=O) groups is 2. The molecule has 1 radical (unpaired) electrons. The number of amides is 3. The Morgan fingerprint density at radius 3 is 2.57 bits per heavy atom. The molecular formula is C30H35N4O2S. The first-order valence-electron chi connectivity index (χ1n) is 13.5. The van der Waals surface area contributed by atoms with Gasteiger partial charge in [0, 0.05) is 16.8 Å². The summed E-state index contributed by atoms with van der Waals surface area (Å²) in [6.07, 6.45) is 11.0. The maximum Gasteiger partial charge on any atom is 0.321 e. The van der Waals surface area contributed by atoms with Crippen molar-refractivity contribution in [2.45, 2.75) is 71.3 Å². The van der Waals surface area contributed by atoms with Crippen molar-refractivity contribution < 1.29 is 9.59 Å². The number of urea groups is 1. The highest BCUT2D eigenvalue weighted by Gasteiger charge is 2.48. The Balaban J connectivity index is 1.15. The van der Waals surface area contributed by atoms with E-state index in [2.05, 4.69) is 46.4 Å². The summed E-state index contributed by atoms with van der Waals surface area (Å²) in [6, 6.07) is 9.47. The third-order valence-corrected chi connectivity index (χ3v) is 9.45. The minimum atomic E-state index is -0.164. The van der Waals surface area contributed by atoms with E-state index in [4.69, 9.17) is 0 Å². The van der Waals surface area contributed by atoms with Crippen LogP contribution >= 0.6 is 11.3 Å². The molecular weight excluding hydrogens is 480 g/mol. The van der Waals surface area contributed by atoms with Crippen LogP contribution in [0.3, 0.4) is 0 Å². The van der Waals surface area contributed by atoms with E-state index in [9.17, 15) is 9.59 Å². The van der Waals surface area contributed by atoms with Crippen molar-refractivity contribution in [3.05, 3.63) is 59.0 Å². The van der Waals surface area contributed by atoms with Crippen LogP contribution in [0.5, 0.6) is 0 Å². The number of aryl methyl sites for hydroxylation is 3. The maximum absolute atomic E-state index is 13.1. The topological polar surface area (TPSA) is 83.1 Å². The number of carbonyl (C=O) groups excluding carboxylic acids is 2. The Morgan fingerprint density at radius 1 is 0.973 bits per heavy atom. The average Bonchev–Trinajstić information content (AvgIpc) is 3.20. The Morgan fingerprint density at radius 2 is 1.76 bits per heavy atom. The third kappa shape index (κ3) is 4.98. The molecule has 7 rings (SSSR count). The monoisotopic (exact) mass is 515 g/mol. The largest absolute Gasteiger partial charge is 0.332 e. The fourth-order valence-corrected chi connectivity index (χ4v) is 8.19. The number of fused-ring (bicyclic) bond motifs is 3.